The van der Waals surface area contributed by atoms with E-state index in [0.29, 0.717) is 30.3 Å². The van der Waals surface area contributed by atoms with Crippen LogP contribution in [0.1, 0.15) is 21.6 Å². The average molecular weight is 383 g/mol. The normalized spacial score (nSPS) is 10.7. The molecule has 1 amide bonds. The van der Waals surface area contributed by atoms with Crippen LogP contribution in [0.4, 0.5) is 0 Å². The highest BCUT2D eigenvalue weighted by Crippen LogP contribution is 2.16. The van der Waals surface area contributed by atoms with Crippen molar-refractivity contribution in [1.82, 2.24) is 9.47 Å². The number of aromatic nitrogens is 1. The minimum absolute atomic E-state index is 0.0537. The maximum absolute atomic E-state index is 13.0. The van der Waals surface area contributed by atoms with Gasteiger partial charge in [0, 0.05) is 42.7 Å². The zero-order valence-corrected chi connectivity index (χ0v) is 16.1. The van der Waals surface area contributed by atoms with Gasteiger partial charge >= 0.3 is 0 Å². The van der Waals surface area contributed by atoms with Crippen LogP contribution in [-0.2, 0) is 17.8 Å². The summed E-state index contributed by atoms with van der Waals surface area (Å²) in [5, 5.41) is 0.556. The van der Waals surface area contributed by atoms with Crippen molar-refractivity contribution >= 4 is 17.5 Å². The van der Waals surface area contributed by atoms with Crippen LogP contribution in [-0.4, -0.2) is 35.6 Å². The van der Waals surface area contributed by atoms with Crippen LogP contribution < -0.4 is 0 Å². The van der Waals surface area contributed by atoms with Crippen molar-refractivity contribution in [1.29, 1.82) is 0 Å². The molecule has 0 aliphatic carbocycles. The van der Waals surface area contributed by atoms with Gasteiger partial charge in [-0.1, -0.05) is 48.0 Å². The summed E-state index contributed by atoms with van der Waals surface area (Å²) in [4.78, 5) is 14.8. The standard InChI is InChI=1S/C22H23ClN2O2/c1-27-14-13-25(22(26)19-9-5-10-20(23)15-19)17-21-11-6-12-24(21)16-18-7-3-2-4-8-18/h2-12,15H,13-14,16-17H2,1H3. The largest absolute Gasteiger partial charge is 0.383 e. The first-order valence-electron chi connectivity index (χ1n) is 8.89. The van der Waals surface area contributed by atoms with Crippen molar-refractivity contribution in [3.8, 4) is 0 Å². The van der Waals surface area contributed by atoms with Gasteiger partial charge in [-0.2, -0.15) is 0 Å². The third-order valence-electron chi connectivity index (χ3n) is 4.40. The minimum atomic E-state index is -0.0537. The number of benzene rings is 2. The molecule has 0 aliphatic rings. The lowest BCUT2D eigenvalue weighted by Crippen LogP contribution is -2.34. The first-order chi connectivity index (χ1) is 13.2. The summed E-state index contributed by atoms with van der Waals surface area (Å²) >= 11 is 6.06. The van der Waals surface area contributed by atoms with Crippen LogP contribution in [0.3, 0.4) is 0 Å². The molecule has 0 radical (unpaired) electrons. The molecule has 3 aromatic rings. The van der Waals surface area contributed by atoms with Crippen molar-refractivity contribution in [3.63, 3.8) is 0 Å². The average Bonchev–Trinajstić information content (AvgIpc) is 3.12. The summed E-state index contributed by atoms with van der Waals surface area (Å²) in [5.41, 5.74) is 2.88. The third-order valence-corrected chi connectivity index (χ3v) is 4.63. The molecule has 0 bridgehead atoms. The number of hydrogen-bond acceptors (Lipinski definition) is 2. The molecule has 0 aliphatic heterocycles. The smallest absolute Gasteiger partial charge is 0.254 e. The molecule has 0 unspecified atom stereocenters. The Hall–Kier alpha value is -2.56. The second-order valence-electron chi connectivity index (χ2n) is 6.34. The summed E-state index contributed by atoms with van der Waals surface area (Å²) in [6.07, 6.45) is 2.04. The van der Waals surface area contributed by atoms with Crippen LogP contribution in [0.2, 0.25) is 5.02 Å². The Balaban J connectivity index is 1.79. The Morgan fingerprint density at radius 1 is 1.07 bits per heavy atom. The van der Waals surface area contributed by atoms with E-state index in [9.17, 15) is 4.79 Å². The van der Waals surface area contributed by atoms with Gasteiger partial charge in [-0.25, -0.2) is 0 Å². The van der Waals surface area contributed by atoms with Gasteiger partial charge in [0.25, 0.3) is 5.91 Å². The zero-order valence-electron chi connectivity index (χ0n) is 15.3. The predicted octanol–water partition coefficient (Wildman–Crippen LogP) is 4.48. The highest BCUT2D eigenvalue weighted by Gasteiger charge is 2.18. The fourth-order valence-electron chi connectivity index (χ4n) is 2.98. The van der Waals surface area contributed by atoms with E-state index in [0.717, 1.165) is 12.2 Å². The molecular weight excluding hydrogens is 360 g/mol. The Kier molecular flexibility index (Phi) is 6.69. The van der Waals surface area contributed by atoms with Gasteiger partial charge in [-0.05, 0) is 35.9 Å². The van der Waals surface area contributed by atoms with E-state index in [1.54, 1.807) is 36.3 Å². The summed E-state index contributed by atoms with van der Waals surface area (Å²) in [6.45, 7) is 2.27. The Morgan fingerprint density at radius 3 is 2.63 bits per heavy atom. The quantitative estimate of drug-likeness (QED) is 0.575. The van der Waals surface area contributed by atoms with Gasteiger partial charge in [-0.15, -0.1) is 0 Å². The second kappa shape index (κ2) is 9.40. The molecule has 0 saturated carbocycles. The number of amides is 1. The molecule has 0 spiro atoms. The number of carbonyl (C=O) groups excluding carboxylic acids is 1. The maximum Gasteiger partial charge on any atom is 0.254 e. The Bertz CT molecular complexity index is 877. The summed E-state index contributed by atoms with van der Waals surface area (Å²) < 4.78 is 7.37. The van der Waals surface area contributed by atoms with E-state index >= 15 is 0 Å². The van der Waals surface area contributed by atoms with Crippen molar-refractivity contribution in [2.45, 2.75) is 13.1 Å². The maximum atomic E-state index is 13.0. The molecule has 2 aromatic carbocycles. The first kappa shape index (κ1) is 19.2. The van der Waals surface area contributed by atoms with Crippen molar-refractivity contribution < 1.29 is 9.53 Å². The van der Waals surface area contributed by atoms with Crippen LogP contribution in [0.5, 0.6) is 0 Å². The van der Waals surface area contributed by atoms with Crippen LogP contribution in [0.15, 0.2) is 72.9 Å². The van der Waals surface area contributed by atoms with E-state index < -0.39 is 0 Å². The first-order valence-corrected chi connectivity index (χ1v) is 9.27. The lowest BCUT2D eigenvalue weighted by Gasteiger charge is -2.23. The molecule has 0 fully saturated rings. The van der Waals surface area contributed by atoms with Crippen molar-refractivity contribution in [2.24, 2.45) is 0 Å². The monoisotopic (exact) mass is 382 g/mol. The minimum Gasteiger partial charge on any atom is -0.383 e. The Morgan fingerprint density at radius 2 is 1.89 bits per heavy atom. The fraction of sp³-hybridized carbons (Fsp3) is 0.227. The molecule has 0 N–H and O–H groups in total. The molecular formula is C22H23ClN2O2. The molecule has 3 rings (SSSR count). The number of ether oxygens (including phenoxy) is 1. The summed E-state index contributed by atoms with van der Waals surface area (Å²) in [7, 11) is 1.64. The lowest BCUT2D eigenvalue weighted by atomic mass is 10.2. The van der Waals surface area contributed by atoms with Gasteiger partial charge in [-0.3, -0.25) is 4.79 Å². The molecule has 1 heterocycles. The van der Waals surface area contributed by atoms with Crippen molar-refractivity contribution in [2.75, 3.05) is 20.3 Å². The molecule has 5 heteroatoms. The number of nitrogens with zero attached hydrogens (tertiary/aromatic N) is 2. The highest BCUT2D eigenvalue weighted by molar-refractivity contribution is 6.30. The van der Waals surface area contributed by atoms with Crippen LogP contribution in [0.25, 0.3) is 0 Å². The molecule has 0 atom stereocenters. The number of halogens is 1. The van der Waals surface area contributed by atoms with E-state index in [2.05, 4.69) is 16.7 Å². The van der Waals surface area contributed by atoms with Gasteiger partial charge in [0.1, 0.15) is 0 Å². The number of hydrogen-bond donors (Lipinski definition) is 0. The van der Waals surface area contributed by atoms with Crippen LogP contribution in [0, 0.1) is 0 Å². The fourth-order valence-corrected chi connectivity index (χ4v) is 3.17. The van der Waals surface area contributed by atoms with Crippen LogP contribution >= 0.6 is 11.6 Å². The topological polar surface area (TPSA) is 34.5 Å². The van der Waals surface area contributed by atoms with E-state index in [1.165, 1.54) is 5.56 Å². The summed E-state index contributed by atoms with van der Waals surface area (Å²) in [6, 6.07) is 21.4. The van der Waals surface area contributed by atoms with E-state index in [4.69, 9.17) is 16.3 Å². The third kappa shape index (κ3) is 5.22. The second-order valence-corrected chi connectivity index (χ2v) is 6.78. The Labute approximate surface area is 164 Å². The number of methoxy groups -OCH3 is 1. The van der Waals surface area contributed by atoms with Crippen molar-refractivity contribution in [3.05, 3.63) is 94.8 Å². The van der Waals surface area contributed by atoms with Gasteiger partial charge in [0.15, 0.2) is 0 Å². The lowest BCUT2D eigenvalue weighted by molar-refractivity contribution is 0.0676. The number of rotatable bonds is 8. The molecule has 27 heavy (non-hydrogen) atoms. The zero-order chi connectivity index (χ0) is 19.1. The molecule has 140 valence electrons. The van der Waals surface area contributed by atoms with Gasteiger partial charge in [0.2, 0.25) is 0 Å². The predicted molar refractivity (Wildman–Crippen MR) is 108 cm³/mol. The van der Waals surface area contributed by atoms with E-state index in [1.807, 2.05) is 36.5 Å². The molecule has 4 nitrogen and oxygen atoms in total. The highest BCUT2D eigenvalue weighted by atomic mass is 35.5. The van der Waals surface area contributed by atoms with Gasteiger partial charge < -0.3 is 14.2 Å². The number of carbonyl (C=O) groups is 1. The van der Waals surface area contributed by atoms with Gasteiger partial charge in [0.05, 0.1) is 13.2 Å². The summed E-state index contributed by atoms with van der Waals surface area (Å²) in [5.74, 6) is -0.0537. The van der Waals surface area contributed by atoms with E-state index in [-0.39, 0.29) is 5.91 Å². The molecule has 1 aromatic heterocycles. The molecule has 0 saturated heterocycles. The SMILES string of the molecule is COCCN(Cc1cccn1Cc1ccccc1)C(=O)c1cccc(Cl)c1.